The third kappa shape index (κ3) is 5.59. The second-order valence-corrected chi connectivity index (χ2v) is 10.7. The highest BCUT2D eigenvalue weighted by Crippen LogP contribution is 2.38. The number of ether oxygens (including phenoxy) is 2. The molecule has 0 saturated heterocycles. The molecular weight excluding hydrogens is 514 g/mol. The number of anilines is 1. The van der Waals surface area contributed by atoms with Crippen LogP contribution in [-0.2, 0) is 6.42 Å². The molecule has 0 amide bonds. The molecule has 1 aliphatic rings. The summed E-state index contributed by atoms with van der Waals surface area (Å²) in [5.74, 6) is 0.967. The van der Waals surface area contributed by atoms with E-state index in [1.54, 1.807) is 24.3 Å². The first-order valence-electron chi connectivity index (χ1n) is 12.9. The predicted octanol–water partition coefficient (Wildman–Crippen LogP) is 4.32. The van der Waals surface area contributed by atoms with Gasteiger partial charge >= 0.3 is 5.63 Å². The van der Waals surface area contributed by atoms with E-state index in [0.29, 0.717) is 47.1 Å². The van der Waals surface area contributed by atoms with Gasteiger partial charge in [0.1, 0.15) is 35.1 Å². The van der Waals surface area contributed by atoms with Crippen molar-refractivity contribution in [3.8, 4) is 22.9 Å². The van der Waals surface area contributed by atoms with E-state index in [1.807, 2.05) is 56.9 Å². The highest BCUT2D eigenvalue weighted by Gasteiger charge is 2.39. The molecule has 5 rings (SSSR count). The van der Waals surface area contributed by atoms with Crippen molar-refractivity contribution in [3.05, 3.63) is 81.0 Å². The molecule has 2 aromatic carbocycles. The Labute approximate surface area is 231 Å². The number of likely N-dealkylation sites (N-methyl/N-ethyl adjacent to an activating group) is 2. The van der Waals surface area contributed by atoms with Gasteiger partial charge < -0.3 is 23.7 Å². The van der Waals surface area contributed by atoms with Gasteiger partial charge in [0, 0.05) is 61.8 Å². The van der Waals surface area contributed by atoms with Gasteiger partial charge in [-0.05, 0) is 51.7 Å². The van der Waals surface area contributed by atoms with E-state index in [0.717, 1.165) is 17.5 Å². The van der Waals surface area contributed by atoms with E-state index in [1.165, 1.54) is 18.5 Å². The molecule has 1 aliphatic heterocycles. The summed E-state index contributed by atoms with van der Waals surface area (Å²) in [5, 5.41) is 12.7. The van der Waals surface area contributed by atoms with Crippen molar-refractivity contribution >= 4 is 22.3 Å². The minimum absolute atomic E-state index is 0.00122. The molecule has 0 N–H and O–H groups in total. The van der Waals surface area contributed by atoms with Crippen molar-refractivity contribution in [3.63, 3.8) is 0 Å². The molecular formula is C29H31N5O6. The predicted molar refractivity (Wildman–Crippen MR) is 151 cm³/mol. The van der Waals surface area contributed by atoms with Crippen molar-refractivity contribution in [1.82, 2.24) is 14.9 Å². The average Bonchev–Trinajstić information content (AvgIpc) is 2.90. The molecule has 11 nitrogen and oxygen atoms in total. The lowest BCUT2D eigenvalue weighted by Gasteiger charge is -2.39. The zero-order chi connectivity index (χ0) is 28.6. The van der Waals surface area contributed by atoms with E-state index in [4.69, 9.17) is 13.9 Å². The third-order valence-electron chi connectivity index (χ3n) is 7.02. The minimum atomic E-state index is -0.724. The zero-order valence-electron chi connectivity index (χ0n) is 23.1. The Balaban J connectivity index is 1.40. The average molecular weight is 546 g/mol. The Morgan fingerprint density at radius 2 is 1.88 bits per heavy atom. The lowest BCUT2D eigenvalue weighted by atomic mass is 9.90. The lowest BCUT2D eigenvalue weighted by Crippen LogP contribution is -2.49. The normalized spacial score (nSPS) is 15.9. The largest absolute Gasteiger partial charge is 0.484 e. The fourth-order valence-corrected chi connectivity index (χ4v) is 4.71. The van der Waals surface area contributed by atoms with Crippen LogP contribution in [0.3, 0.4) is 0 Å². The first-order chi connectivity index (χ1) is 19.0. The van der Waals surface area contributed by atoms with E-state index in [2.05, 4.69) is 9.97 Å². The van der Waals surface area contributed by atoms with Crippen LogP contribution in [0.25, 0.3) is 22.2 Å². The van der Waals surface area contributed by atoms with Crippen LogP contribution in [0.15, 0.2) is 64.1 Å². The van der Waals surface area contributed by atoms with Crippen LogP contribution in [0.1, 0.15) is 19.4 Å². The molecule has 0 radical (unpaired) electrons. The number of nitrogens with zero attached hydrogens (tertiary/aromatic N) is 5. The second-order valence-electron chi connectivity index (χ2n) is 10.7. The van der Waals surface area contributed by atoms with Gasteiger partial charge in [0.25, 0.3) is 5.69 Å². The van der Waals surface area contributed by atoms with E-state index in [9.17, 15) is 14.9 Å². The number of aromatic nitrogens is 2. The standard InChI is InChI=1S/C29H31N5O6/c1-29(2)26(14-20-12-19-7-9-28(35)38-24(19)16-25(20)40-29)39-27-15-21(30-17-31-27)18-6-8-22(23(13-18)34(36)37)33(5)11-10-32(3)4/h6-9,12-13,15-17,26H,10-11,14H2,1-5H3/t26-/m0/s1. The van der Waals surface area contributed by atoms with Crippen LogP contribution in [0, 0.1) is 10.1 Å². The summed E-state index contributed by atoms with van der Waals surface area (Å²) in [6, 6.07) is 13.5. The lowest BCUT2D eigenvalue weighted by molar-refractivity contribution is -0.384. The Morgan fingerprint density at radius 1 is 1.07 bits per heavy atom. The Hall–Kier alpha value is -4.51. The maximum atomic E-state index is 11.9. The number of rotatable bonds is 8. The molecule has 0 fully saturated rings. The number of fused-ring (bicyclic) bond motifs is 2. The molecule has 0 unspecified atom stereocenters. The second kappa shape index (κ2) is 10.6. The van der Waals surface area contributed by atoms with Crippen molar-refractivity contribution in [2.24, 2.45) is 0 Å². The number of benzene rings is 2. The van der Waals surface area contributed by atoms with Gasteiger partial charge in [-0.1, -0.05) is 6.07 Å². The third-order valence-corrected chi connectivity index (χ3v) is 7.02. The highest BCUT2D eigenvalue weighted by molar-refractivity contribution is 5.79. The van der Waals surface area contributed by atoms with Gasteiger partial charge in [0.2, 0.25) is 5.88 Å². The van der Waals surface area contributed by atoms with E-state index in [-0.39, 0.29) is 10.6 Å². The molecule has 2 aromatic heterocycles. The smallest absolute Gasteiger partial charge is 0.336 e. The maximum absolute atomic E-state index is 11.9. The van der Waals surface area contributed by atoms with Crippen LogP contribution >= 0.6 is 0 Å². The molecule has 0 aliphatic carbocycles. The maximum Gasteiger partial charge on any atom is 0.336 e. The Kier molecular flexibility index (Phi) is 7.16. The molecule has 1 atom stereocenters. The fraction of sp³-hybridized carbons (Fsp3) is 0.345. The molecule has 0 saturated carbocycles. The summed E-state index contributed by atoms with van der Waals surface area (Å²) >= 11 is 0. The van der Waals surface area contributed by atoms with Crippen molar-refractivity contribution in [2.75, 3.05) is 39.1 Å². The molecule has 0 bridgehead atoms. The van der Waals surface area contributed by atoms with E-state index < -0.39 is 17.3 Å². The molecule has 0 spiro atoms. The van der Waals surface area contributed by atoms with Gasteiger partial charge in [-0.15, -0.1) is 0 Å². The van der Waals surface area contributed by atoms with Crippen LogP contribution in [0.5, 0.6) is 11.6 Å². The fourth-order valence-electron chi connectivity index (χ4n) is 4.71. The molecule has 208 valence electrons. The number of hydrogen-bond donors (Lipinski definition) is 0. The summed E-state index contributed by atoms with van der Waals surface area (Å²) in [4.78, 5) is 35.7. The van der Waals surface area contributed by atoms with E-state index >= 15 is 0 Å². The quantitative estimate of drug-likeness (QED) is 0.180. The molecule has 4 aromatic rings. The summed E-state index contributed by atoms with van der Waals surface area (Å²) in [6.45, 7) is 5.25. The molecule has 11 heteroatoms. The Morgan fingerprint density at radius 3 is 2.62 bits per heavy atom. The van der Waals surface area contributed by atoms with Crippen LogP contribution < -0.4 is 20.0 Å². The summed E-state index contributed by atoms with van der Waals surface area (Å²) in [6.07, 6.45) is 1.53. The molecule has 3 heterocycles. The summed E-state index contributed by atoms with van der Waals surface area (Å²) in [7, 11) is 5.76. The Bertz CT molecular complexity index is 1630. The number of nitro groups is 1. The number of nitro benzene ring substituents is 1. The number of hydrogen-bond acceptors (Lipinski definition) is 10. The van der Waals surface area contributed by atoms with Crippen molar-refractivity contribution in [2.45, 2.75) is 32.0 Å². The first-order valence-corrected chi connectivity index (χ1v) is 12.9. The molecule has 40 heavy (non-hydrogen) atoms. The van der Waals surface area contributed by atoms with Crippen molar-refractivity contribution in [1.29, 1.82) is 0 Å². The monoisotopic (exact) mass is 545 g/mol. The van der Waals surface area contributed by atoms with Gasteiger partial charge in [-0.3, -0.25) is 10.1 Å². The topological polar surface area (TPSA) is 124 Å². The summed E-state index contributed by atoms with van der Waals surface area (Å²) in [5.41, 5.74) is 1.87. The summed E-state index contributed by atoms with van der Waals surface area (Å²) < 4.78 is 17.9. The van der Waals surface area contributed by atoms with Gasteiger partial charge in [0.15, 0.2) is 0 Å². The van der Waals surface area contributed by atoms with Gasteiger partial charge in [0.05, 0.1) is 10.6 Å². The van der Waals surface area contributed by atoms with Crippen molar-refractivity contribution < 1.29 is 18.8 Å². The van der Waals surface area contributed by atoms with Crippen LogP contribution in [0.2, 0.25) is 0 Å². The zero-order valence-corrected chi connectivity index (χ0v) is 23.1. The minimum Gasteiger partial charge on any atom is -0.484 e. The van der Waals surface area contributed by atoms with Gasteiger partial charge in [-0.25, -0.2) is 14.8 Å². The van der Waals surface area contributed by atoms with Gasteiger partial charge in [-0.2, -0.15) is 0 Å². The van der Waals surface area contributed by atoms with Crippen LogP contribution in [-0.4, -0.2) is 65.7 Å². The SMILES string of the molecule is CN(C)CCN(C)c1ccc(-c2cc(O[C@H]3Cc4cc5ccc(=O)oc5cc4OC3(C)C)ncn2)cc1[N+](=O)[O-]. The first kappa shape index (κ1) is 27.1. The van der Waals surface area contributed by atoms with Crippen LogP contribution in [0.4, 0.5) is 11.4 Å². The highest BCUT2D eigenvalue weighted by atomic mass is 16.6.